The topological polar surface area (TPSA) is 54.7 Å². The largest absolute Gasteiger partial charge is 0.416 e. The smallest absolute Gasteiger partial charge is 0.398 e. The number of nitrogens with two attached hydrogens (primary N) is 1. The van der Waals surface area contributed by atoms with Gasteiger partial charge in [0.05, 0.1) is 11.3 Å². The first kappa shape index (κ1) is 10.5. The van der Waals surface area contributed by atoms with Gasteiger partial charge in [-0.2, -0.15) is 18.3 Å². The molecule has 0 aliphatic rings. The number of hydrogen-bond acceptors (Lipinski definition) is 2. The molecule has 84 valence electrons. The van der Waals surface area contributed by atoms with E-state index >= 15 is 0 Å². The molecular weight excluding hydrogens is 219 g/mol. The van der Waals surface area contributed by atoms with Crippen molar-refractivity contribution in [2.75, 3.05) is 5.73 Å². The molecule has 0 fully saturated rings. The number of alkyl halides is 3. The van der Waals surface area contributed by atoms with Crippen LogP contribution in [0, 0.1) is 0 Å². The van der Waals surface area contributed by atoms with Crippen molar-refractivity contribution in [3.8, 4) is 11.3 Å². The Morgan fingerprint density at radius 2 is 1.94 bits per heavy atom. The van der Waals surface area contributed by atoms with Crippen LogP contribution in [0.1, 0.15) is 5.56 Å². The predicted octanol–water partition coefficient (Wildman–Crippen LogP) is 2.68. The summed E-state index contributed by atoms with van der Waals surface area (Å²) >= 11 is 0. The van der Waals surface area contributed by atoms with E-state index in [-0.39, 0.29) is 5.69 Å². The van der Waals surface area contributed by atoms with Crippen LogP contribution in [0.3, 0.4) is 0 Å². The van der Waals surface area contributed by atoms with E-state index in [1.165, 1.54) is 12.3 Å². The highest BCUT2D eigenvalue weighted by atomic mass is 19.4. The maximum Gasteiger partial charge on any atom is 0.416 e. The number of aromatic amines is 1. The zero-order valence-electron chi connectivity index (χ0n) is 8.05. The molecule has 0 spiro atoms. The van der Waals surface area contributed by atoms with Crippen molar-refractivity contribution in [2.24, 2.45) is 0 Å². The highest BCUT2D eigenvalue weighted by Crippen LogP contribution is 2.33. The molecule has 16 heavy (non-hydrogen) atoms. The van der Waals surface area contributed by atoms with E-state index in [0.717, 1.165) is 12.1 Å². The Balaban J connectivity index is 2.46. The molecular formula is C10H8F3N3. The van der Waals surface area contributed by atoms with Gasteiger partial charge in [-0.05, 0) is 18.2 Å². The molecule has 1 aromatic carbocycles. The Bertz CT molecular complexity index is 489. The second-order valence-electron chi connectivity index (χ2n) is 3.27. The molecule has 1 aromatic heterocycles. The van der Waals surface area contributed by atoms with E-state index < -0.39 is 11.7 Å². The molecule has 0 aliphatic heterocycles. The van der Waals surface area contributed by atoms with E-state index in [4.69, 9.17) is 5.73 Å². The molecule has 6 heteroatoms. The Labute approximate surface area is 89.1 Å². The fourth-order valence-corrected chi connectivity index (χ4v) is 1.39. The molecule has 0 saturated carbocycles. The molecule has 1 heterocycles. The van der Waals surface area contributed by atoms with Crippen LogP contribution in [0.5, 0.6) is 0 Å². The molecule has 2 rings (SSSR count). The first-order chi connectivity index (χ1) is 7.48. The van der Waals surface area contributed by atoms with Gasteiger partial charge >= 0.3 is 6.18 Å². The summed E-state index contributed by atoms with van der Waals surface area (Å²) in [6.45, 7) is 0. The van der Waals surface area contributed by atoms with Crippen LogP contribution >= 0.6 is 0 Å². The molecule has 0 radical (unpaired) electrons. The van der Waals surface area contributed by atoms with E-state index in [1.54, 1.807) is 6.07 Å². The lowest BCUT2D eigenvalue weighted by Crippen LogP contribution is -2.06. The van der Waals surface area contributed by atoms with Gasteiger partial charge in [0.2, 0.25) is 0 Å². The van der Waals surface area contributed by atoms with Crippen molar-refractivity contribution >= 4 is 5.69 Å². The molecule has 2 aromatic rings. The quantitative estimate of drug-likeness (QED) is 0.736. The van der Waals surface area contributed by atoms with Crippen LogP contribution < -0.4 is 5.73 Å². The van der Waals surface area contributed by atoms with Crippen LogP contribution in [0.4, 0.5) is 18.9 Å². The zero-order chi connectivity index (χ0) is 11.8. The lowest BCUT2D eigenvalue weighted by atomic mass is 10.1. The minimum absolute atomic E-state index is 0.0686. The van der Waals surface area contributed by atoms with Crippen LogP contribution in [-0.2, 0) is 6.18 Å². The van der Waals surface area contributed by atoms with E-state index in [2.05, 4.69) is 10.2 Å². The number of nitrogens with one attached hydrogen (secondary N) is 1. The Hall–Kier alpha value is -1.98. The summed E-state index contributed by atoms with van der Waals surface area (Å²) in [4.78, 5) is 0. The van der Waals surface area contributed by atoms with Gasteiger partial charge < -0.3 is 5.73 Å². The zero-order valence-corrected chi connectivity index (χ0v) is 8.05. The average Bonchev–Trinajstić information content (AvgIpc) is 2.69. The van der Waals surface area contributed by atoms with Gasteiger partial charge in [-0.1, -0.05) is 6.07 Å². The van der Waals surface area contributed by atoms with Gasteiger partial charge in [-0.3, -0.25) is 5.10 Å². The van der Waals surface area contributed by atoms with Crippen LogP contribution in [0.25, 0.3) is 11.3 Å². The van der Waals surface area contributed by atoms with Crippen molar-refractivity contribution in [3.63, 3.8) is 0 Å². The van der Waals surface area contributed by atoms with Gasteiger partial charge in [0, 0.05) is 17.4 Å². The van der Waals surface area contributed by atoms with Gasteiger partial charge in [0.1, 0.15) is 0 Å². The van der Waals surface area contributed by atoms with Crippen molar-refractivity contribution in [3.05, 3.63) is 36.0 Å². The minimum Gasteiger partial charge on any atom is -0.398 e. The number of nitrogen functional groups attached to an aromatic ring is 1. The number of anilines is 1. The lowest BCUT2D eigenvalue weighted by molar-refractivity contribution is -0.137. The third kappa shape index (κ3) is 1.86. The van der Waals surface area contributed by atoms with E-state index in [0.29, 0.717) is 11.3 Å². The number of benzene rings is 1. The summed E-state index contributed by atoms with van der Waals surface area (Å²) in [6, 6.07) is 4.87. The number of rotatable bonds is 1. The number of halogens is 3. The average molecular weight is 227 g/mol. The van der Waals surface area contributed by atoms with Crippen molar-refractivity contribution < 1.29 is 13.2 Å². The fourth-order valence-electron chi connectivity index (χ4n) is 1.39. The summed E-state index contributed by atoms with van der Waals surface area (Å²) < 4.78 is 37.1. The van der Waals surface area contributed by atoms with Crippen LogP contribution in [0.2, 0.25) is 0 Å². The standard InChI is InChI=1S/C10H8F3N3/c11-10(12,13)6-1-2-7(8(14)5-6)9-3-4-15-16-9/h1-5H,14H2,(H,15,16). The number of aromatic nitrogens is 2. The molecule has 0 amide bonds. The first-order valence-corrected chi connectivity index (χ1v) is 4.45. The molecule has 0 saturated heterocycles. The maximum absolute atomic E-state index is 12.4. The molecule has 0 bridgehead atoms. The molecule has 3 N–H and O–H groups in total. The van der Waals surface area contributed by atoms with Crippen LogP contribution in [-0.4, -0.2) is 10.2 Å². The summed E-state index contributed by atoms with van der Waals surface area (Å²) in [5.74, 6) is 0. The first-order valence-electron chi connectivity index (χ1n) is 4.45. The van der Waals surface area contributed by atoms with Crippen molar-refractivity contribution in [1.29, 1.82) is 0 Å². The third-order valence-corrected chi connectivity index (χ3v) is 2.17. The summed E-state index contributed by atoms with van der Waals surface area (Å²) in [6.07, 6.45) is -2.87. The summed E-state index contributed by atoms with van der Waals surface area (Å²) in [5, 5.41) is 6.35. The minimum atomic E-state index is -4.37. The summed E-state index contributed by atoms with van der Waals surface area (Å²) in [5.41, 5.74) is 5.97. The third-order valence-electron chi connectivity index (χ3n) is 2.17. The SMILES string of the molecule is Nc1cc(C(F)(F)F)ccc1-c1ccn[nH]1. The number of H-pyrrole nitrogens is 1. The Morgan fingerprint density at radius 1 is 1.19 bits per heavy atom. The maximum atomic E-state index is 12.4. The monoisotopic (exact) mass is 227 g/mol. The lowest BCUT2D eigenvalue weighted by Gasteiger charge is -2.09. The van der Waals surface area contributed by atoms with Gasteiger partial charge in [0.15, 0.2) is 0 Å². The predicted molar refractivity (Wildman–Crippen MR) is 53.4 cm³/mol. The second kappa shape index (κ2) is 3.55. The second-order valence-corrected chi connectivity index (χ2v) is 3.27. The van der Waals surface area contributed by atoms with Gasteiger partial charge in [0.25, 0.3) is 0 Å². The Morgan fingerprint density at radius 3 is 2.44 bits per heavy atom. The molecule has 3 nitrogen and oxygen atoms in total. The highest BCUT2D eigenvalue weighted by Gasteiger charge is 2.30. The molecule has 0 unspecified atom stereocenters. The molecule has 0 atom stereocenters. The number of hydrogen-bond donors (Lipinski definition) is 2. The molecule has 0 aliphatic carbocycles. The van der Waals surface area contributed by atoms with E-state index in [1.807, 2.05) is 0 Å². The van der Waals surface area contributed by atoms with E-state index in [9.17, 15) is 13.2 Å². The Kier molecular flexibility index (Phi) is 2.34. The normalized spacial score (nSPS) is 11.7. The van der Waals surface area contributed by atoms with Crippen molar-refractivity contribution in [2.45, 2.75) is 6.18 Å². The summed E-state index contributed by atoms with van der Waals surface area (Å²) in [7, 11) is 0. The number of nitrogens with zero attached hydrogens (tertiary/aromatic N) is 1. The fraction of sp³-hybridized carbons (Fsp3) is 0.100. The van der Waals surface area contributed by atoms with Gasteiger partial charge in [-0.25, -0.2) is 0 Å². The van der Waals surface area contributed by atoms with Gasteiger partial charge in [-0.15, -0.1) is 0 Å². The van der Waals surface area contributed by atoms with Crippen LogP contribution in [0.15, 0.2) is 30.5 Å². The van der Waals surface area contributed by atoms with Crippen molar-refractivity contribution in [1.82, 2.24) is 10.2 Å². The highest BCUT2D eigenvalue weighted by molar-refractivity contribution is 5.74.